The van der Waals surface area contributed by atoms with Crippen LogP contribution >= 0.6 is 11.3 Å². The summed E-state index contributed by atoms with van der Waals surface area (Å²) in [5, 5.41) is 9.15. The highest BCUT2D eigenvalue weighted by molar-refractivity contribution is 7.13. The van der Waals surface area contributed by atoms with Gasteiger partial charge in [0.15, 0.2) is 0 Å². The molecule has 0 unspecified atom stereocenters. The van der Waals surface area contributed by atoms with Crippen LogP contribution in [0.15, 0.2) is 54.0 Å². The van der Waals surface area contributed by atoms with Crippen molar-refractivity contribution in [3.8, 4) is 10.6 Å². The van der Waals surface area contributed by atoms with Gasteiger partial charge in [-0.3, -0.25) is 4.79 Å². The van der Waals surface area contributed by atoms with E-state index < -0.39 is 0 Å². The Labute approximate surface area is 151 Å². The highest BCUT2D eigenvalue weighted by atomic mass is 32.1. The number of hydrogen-bond donors (Lipinski definition) is 2. The van der Waals surface area contributed by atoms with E-state index in [0.29, 0.717) is 12.1 Å². The summed E-state index contributed by atoms with van der Waals surface area (Å²) in [7, 11) is 0. The second kappa shape index (κ2) is 8.39. The lowest BCUT2D eigenvalue weighted by Crippen LogP contribution is -2.22. The van der Waals surface area contributed by atoms with E-state index in [2.05, 4.69) is 38.1 Å². The summed E-state index contributed by atoms with van der Waals surface area (Å²) in [5.41, 5.74) is 2.78. The Morgan fingerprint density at radius 1 is 1.16 bits per heavy atom. The lowest BCUT2D eigenvalue weighted by atomic mass is 10.2. The average molecular weight is 352 g/mol. The van der Waals surface area contributed by atoms with E-state index >= 15 is 0 Å². The molecule has 0 saturated heterocycles. The van der Waals surface area contributed by atoms with E-state index in [-0.39, 0.29) is 5.91 Å². The molecule has 6 heteroatoms. The van der Waals surface area contributed by atoms with Crippen LogP contribution in [0.2, 0.25) is 0 Å². The zero-order chi connectivity index (χ0) is 17.5. The minimum absolute atomic E-state index is 0.0996. The molecule has 1 aromatic carbocycles. The number of benzene rings is 1. The second-order valence-electron chi connectivity index (χ2n) is 5.48. The molecule has 1 amide bonds. The Hall–Kier alpha value is -2.73. The number of anilines is 1. The molecular weight excluding hydrogens is 332 g/mol. The minimum Gasteiger partial charge on any atom is -0.370 e. The maximum Gasteiger partial charge on any atom is 0.252 e. The first-order valence-corrected chi connectivity index (χ1v) is 9.12. The Morgan fingerprint density at radius 2 is 2.00 bits per heavy atom. The van der Waals surface area contributed by atoms with Gasteiger partial charge >= 0.3 is 0 Å². The molecule has 0 bridgehead atoms. The molecule has 5 nitrogen and oxygen atoms in total. The Bertz CT molecular complexity index is 815. The molecule has 0 saturated carbocycles. The largest absolute Gasteiger partial charge is 0.370 e. The van der Waals surface area contributed by atoms with Crippen LogP contribution in [-0.4, -0.2) is 29.0 Å². The van der Waals surface area contributed by atoms with Crippen LogP contribution in [-0.2, 0) is 6.42 Å². The van der Waals surface area contributed by atoms with Gasteiger partial charge in [0.25, 0.3) is 5.91 Å². The molecule has 128 valence electrons. The van der Waals surface area contributed by atoms with Gasteiger partial charge < -0.3 is 10.6 Å². The molecule has 0 aliphatic rings. The summed E-state index contributed by atoms with van der Waals surface area (Å²) in [5.74, 6) is 0.657. The van der Waals surface area contributed by atoms with Crippen LogP contribution in [0.4, 0.5) is 5.82 Å². The monoisotopic (exact) mass is 352 g/mol. The SMILES string of the molecule is CCNC(=O)c1ccc(NCCc2csc(-c3ccccc3)n2)nc1. The zero-order valence-electron chi connectivity index (χ0n) is 14.0. The molecule has 0 aliphatic heterocycles. The maximum atomic E-state index is 11.7. The van der Waals surface area contributed by atoms with Crippen LogP contribution in [0.5, 0.6) is 0 Å². The summed E-state index contributed by atoms with van der Waals surface area (Å²) in [6.07, 6.45) is 2.41. The molecular formula is C19H20N4OS. The van der Waals surface area contributed by atoms with Gasteiger partial charge in [-0.2, -0.15) is 0 Å². The van der Waals surface area contributed by atoms with Crippen molar-refractivity contribution in [2.75, 3.05) is 18.4 Å². The van der Waals surface area contributed by atoms with Gasteiger partial charge in [0.2, 0.25) is 0 Å². The third kappa shape index (κ3) is 4.64. The average Bonchev–Trinajstić information content (AvgIpc) is 3.12. The predicted molar refractivity (Wildman–Crippen MR) is 102 cm³/mol. The van der Waals surface area contributed by atoms with Crippen molar-refractivity contribution in [1.29, 1.82) is 0 Å². The first kappa shape index (κ1) is 17.1. The van der Waals surface area contributed by atoms with E-state index in [9.17, 15) is 4.79 Å². The molecule has 3 aromatic rings. The zero-order valence-corrected chi connectivity index (χ0v) is 14.8. The number of pyridine rings is 1. The number of carbonyl (C=O) groups is 1. The van der Waals surface area contributed by atoms with E-state index in [1.54, 1.807) is 23.6 Å². The lowest BCUT2D eigenvalue weighted by molar-refractivity contribution is 0.0955. The predicted octanol–water partition coefficient (Wildman–Crippen LogP) is 3.61. The number of rotatable bonds is 7. The number of amides is 1. The van der Waals surface area contributed by atoms with Gasteiger partial charge in [0.1, 0.15) is 10.8 Å². The topological polar surface area (TPSA) is 66.9 Å². The molecule has 0 fully saturated rings. The Morgan fingerprint density at radius 3 is 2.72 bits per heavy atom. The van der Waals surface area contributed by atoms with Crippen LogP contribution in [0.1, 0.15) is 23.0 Å². The number of hydrogen-bond acceptors (Lipinski definition) is 5. The Balaban J connectivity index is 1.51. The molecule has 0 spiro atoms. The minimum atomic E-state index is -0.0996. The molecule has 2 heterocycles. The normalized spacial score (nSPS) is 10.4. The second-order valence-corrected chi connectivity index (χ2v) is 6.34. The van der Waals surface area contributed by atoms with E-state index in [4.69, 9.17) is 0 Å². The Kier molecular flexibility index (Phi) is 5.74. The van der Waals surface area contributed by atoms with Crippen LogP contribution in [0, 0.1) is 0 Å². The highest BCUT2D eigenvalue weighted by Crippen LogP contribution is 2.23. The summed E-state index contributed by atoms with van der Waals surface area (Å²) in [4.78, 5) is 20.6. The highest BCUT2D eigenvalue weighted by Gasteiger charge is 2.06. The van der Waals surface area contributed by atoms with Crippen molar-refractivity contribution < 1.29 is 4.79 Å². The van der Waals surface area contributed by atoms with Crippen LogP contribution in [0.3, 0.4) is 0 Å². The quantitative estimate of drug-likeness (QED) is 0.682. The summed E-state index contributed by atoms with van der Waals surface area (Å²) in [6.45, 7) is 3.24. The van der Waals surface area contributed by atoms with Gasteiger partial charge in [-0.05, 0) is 19.1 Å². The number of nitrogens with one attached hydrogen (secondary N) is 2. The van der Waals surface area contributed by atoms with Crippen molar-refractivity contribution >= 4 is 23.1 Å². The molecule has 3 rings (SSSR count). The van der Waals surface area contributed by atoms with Crippen molar-refractivity contribution in [1.82, 2.24) is 15.3 Å². The van der Waals surface area contributed by atoms with Gasteiger partial charge in [-0.15, -0.1) is 11.3 Å². The third-order valence-corrected chi connectivity index (χ3v) is 4.56. The van der Waals surface area contributed by atoms with Gasteiger partial charge in [-0.1, -0.05) is 30.3 Å². The number of aromatic nitrogens is 2. The van der Waals surface area contributed by atoms with E-state index in [0.717, 1.165) is 35.0 Å². The van der Waals surface area contributed by atoms with Gasteiger partial charge in [0, 0.05) is 36.7 Å². The standard InChI is InChI=1S/C19H20N4OS/c1-2-20-18(24)15-8-9-17(22-12-15)21-11-10-16-13-25-19(23-16)14-6-4-3-5-7-14/h3-9,12-13H,2,10-11H2,1H3,(H,20,24)(H,21,22). The van der Waals surface area contributed by atoms with Crippen molar-refractivity contribution in [2.45, 2.75) is 13.3 Å². The molecule has 25 heavy (non-hydrogen) atoms. The van der Waals surface area contributed by atoms with Crippen molar-refractivity contribution in [3.63, 3.8) is 0 Å². The van der Waals surface area contributed by atoms with Crippen molar-refractivity contribution in [2.24, 2.45) is 0 Å². The summed E-state index contributed by atoms with van der Waals surface area (Å²) < 4.78 is 0. The summed E-state index contributed by atoms with van der Waals surface area (Å²) >= 11 is 1.66. The smallest absolute Gasteiger partial charge is 0.252 e. The number of thiazole rings is 1. The molecule has 0 aliphatic carbocycles. The maximum absolute atomic E-state index is 11.7. The molecule has 0 radical (unpaired) electrons. The first-order chi connectivity index (χ1) is 12.3. The number of carbonyl (C=O) groups excluding carboxylic acids is 1. The molecule has 0 atom stereocenters. The van der Waals surface area contributed by atoms with Gasteiger partial charge in [-0.25, -0.2) is 9.97 Å². The lowest BCUT2D eigenvalue weighted by Gasteiger charge is -2.06. The molecule has 2 aromatic heterocycles. The number of nitrogens with zero attached hydrogens (tertiary/aromatic N) is 2. The van der Waals surface area contributed by atoms with E-state index in [1.165, 1.54) is 0 Å². The summed E-state index contributed by atoms with van der Waals surface area (Å²) in [6, 6.07) is 13.8. The third-order valence-electron chi connectivity index (χ3n) is 3.62. The van der Waals surface area contributed by atoms with Crippen LogP contribution < -0.4 is 10.6 Å². The van der Waals surface area contributed by atoms with Crippen molar-refractivity contribution in [3.05, 3.63) is 65.3 Å². The fraction of sp³-hybridized carbons (Fsp3) is 0.211. The fourth-order valence-corrected chi connectivity index (χ4v) is 3.21. The van der Waals surface area contributed by atoms with Crippen LogP contribution in [0.25, 0.3) is 10.6 Å². The molecule has 2 N–H and O–H groups in total. The first-order valence-electron chi connectivity index (χ1n) is 8.24. The van der Waals surface area contributed by atoms with Gasteiger partial charge in [0.05, 0.1) is 11.3 Å². The fourth-order valence-electron chi connectivity index (χ4n) is 2.35. The van der Waals surface area contributed by atoms with E-state index in [1.807, 2.05) is 31.2 Å².